The molecule has 0 bridgehead atoms. The Morgan fingerprint density at radius 3 is 2.92 bits per heavy atom. The lowest BCUT2D eigenvalue weighted by atomic mass is 10.5. The minimum Gasteiger partial charge on any atom is -0.370 e. The van der Waals surface area contributed by atoms with Crippen molar-refractivity contribution in [1.82, 2.24) is 9.97 Å². The van der Waals surface area contributed by atoms with Gasteiger partial charge in [0.25, 0.3) is 0 Å². The second-order valence-corrected chi connectivity index (χ2v) is 3.49. The quantitative estimate of drug-likeness (QED) is 0.572. The molecule has 0 spiro atoms. The fourth-order valence-corrected chi connectivity index (χ4v) is 1.46. The molecule has 12 heavy (non-hydrogen) atoms. The molecule has 0 aliphatic carbocycles. The minimum atomic E-state index is 0.896. The third-order valence-electron chi connectivity index (χ3n) is 1.29. The van der Waals surface area contributed by atoms with Gasteiger partial charge in [-0.2, -0.15) is 0 Å². The average molecular weight is 183 g/mol. The van der Waals surface area contributed by atoms with Gasteiger partial charge < -0.3 is 5.32 Å². The Labute approximate surface area is 77.0 Å². The summed E-state index contributed by atoms with van der Waals surface area (Å²) in [5, 5.41) is 4.17. The number of thioether (sulfide) groups is 1. The molecule has 0 radical (unpaired) electrons. The molecule has 0 amide bonds. The van der Waals surface area contributed by atoms with Crippen LogP contribution in [0.5, 0.6) is 0 Å². The van der Waals surface area contributed by atoms with Crippen molar-refractivity contribution in [1.29, 1.82) is 0 Å². The number of nitrogens with zero attached hydrogens (tertiary/aromatic N) is 2. The number of hydrogen-bond acceptors (Lipinski definition) is 4. The summed E-state index contributed by atoms with van der Waals surface area (Å²) in [5.74, 6) is 1.95. The van der Waals surface area contributed by atoms with Crippen molar-refractivity contribution in [3.8, 4) is 0 Å². The van der Waals surface area contributed by atoms with E-state index >= 15 is 0 Å². The van der Waals surface area contributed by atoms with Gasteiger partial charge >= 0.3 is 0 Å². The first-order chi connectivity index (χ1) is 5.86. The van der Waals surface area contributed by atoms with Crippen LogP contribution in [0.3, 0.4) is 0 Å². The van der Waals surface area contributed by atoms with Crippen molar-refractivity contribution in [3.05, 3.63) is 12.4 Å². The smallest absolute Gasteiger partial charge is 0.130 e. The molecule has 66 valence electrons. The van der Waals surface area contributed by atoms with E-state index in [4.69, 9.17) is 0 Å². The molecule has 0 aliphatic heterocycles. The fraction of sp³-hybridized carbons (Fsp3) is 0.500. The van der Waals surface area contributed by atoms with Crippen molar-refractivity contribution >= 4 is 17.6 Å². The molecule has 0 aliphatic rings. The lowest BCUT2D eigenvalue weighted by Crippen LogP contribution is -1.99. The molecule has 0 saturated carbocycles. The highest BCUT2D eigenvalue weighted by Gasteiger charge is 1.95. The first-order valence-corrected chi connectivity index (χ1v) is 5.04. The van der Waals surface area contributed by atoms with Gasteiger partial charge in [0.1, 0.15) is 17.2 Å². The van der Waals surface area contributed by atoms with Gasteiger partial charge in [-0.25, -0.2) is 9.97 Å². The molecule has 0 aromatic carbocycles. The number of nitrogens with one attached hydrogen (secondary N) is 1. The summed E-state index contributed by atoms with van der Waals surface area (Å²) in [6.45, 7) is 5.06. The lowest BCUT2D eigenvalue weighted by Gasteiger charge is -2.02. The second-order valence-electron chi connectivity index (χ2n) is 2.20. The summed E-state index contributed by atoms with van der Waals surface area (Å²) in [6, 6.07) is 1.97. The second kappa shape index (κ2) is 4.98. The predicted molar refractivity (Wildman–Crippen MR) is 52.6 cm³/mol. The van der Waals surface area contributed by atoms with Crippen molar-refractivity contribution in [3.63, 3.8) is 0 Å². The number of anilines is 1. The molecular formula is C8H13N3S. The molecule has 0 unspecified atom stereocenters. The molecule has 4 heteroatoms. The Balaban J connectivity index is 2.67. The Bertz CT molecular complexity index is 218. The van der Waals surface area contributed by atoms with E-state index in [0.29, 0.717) is 0 Å². The SMILES string of the molecule is CCNc1cc(SCC)ncn1. The maximum atomic E-state index is 4.12. The first-order valence-electron chi connectivity index (χ1n) is 4.05. The zero-order valence-electron chi connectivity index (χ0n) is 7.37. The summed E-state index contributed by atoms with van der Waals surface area (Å²) >= 11 is 1.72. The average Bonchev–Trinajstić information content (AvgIpc) is 2.06. The van der Waals surface area contributed by atoms with Crippen LogP contribution in [-0.2, 0) is 0 Å². The monoisotopic (exact) mass is 183 g/mol. The topological polar surface area (TPSA) is 37.8 Å². The van der Waals surface area contributed by atoms with Crippen molar-refractivity contribution in [2.75, 3.05) is 17.6 Å². The van der Waals surface area contributed by atoms with Gasteiger partial charge in [0.15, 0.2) is 0 Å². The van der Waals surface area contributed by atoms with Crippen molar-refractivity contribution in [2.24, 2.45) is 0 Å². The number of hydrogen-bond donors (Lipinski definition) is 1. The fourth-order valence-electron chi connectivity index (χ4n) is 0.844. The third-order valence-corrected chi connectivity index (χ3v) is 2.10. The number of rotatable bonds is 4. The molecule has 1 aromatic heterocycles. The van der Waals surface area contributed by atoms with E-state index in [0.717, 1.165) is 23.1 Å². The van der Waals surface area contributed by atoms with Gasteiger partial charge in [0, 0.05) is 12.6 Å². The van der Waals surface area contributed by atoms with Gasteiger partial charge in [-0.15, -0.1) is 11.8 Å². The number of aromatic nitrogens is 2. The van der Waals surface area contributed by atoms with E-state index in [1.807, 2.05) is 6.07 Å². The Morgan fingerprint density at radius 2 is 2.25 bits per heavy atom. The van der Waals surface area contributed by atoms with E-state index in [2.05, 4.69) is 29.1 Å². The van der Waals surface area contributed by atoms with Crippen LogP contribution >= 0.6 is 11.8 Å². The van der Waals surface area contributed by atoms with E-state index in [9.17, 15) is 0 Å². The Hall–Kier alpha value is -0.770. The molecule has 3 nitrogen and oxygen atoms in total. The standard InChI is InChI=1S/C8H13N3S/c1-3-9-7-5-8(12-4-2)11-6-10-7/h5-6H,3-4H2,1-2H3,(H,9,10,11). The zero-order chi connectivity index (χ0) is 8.81. The maximum Gasteiger partial charge on any atom is 0.130 e. The maximum absolute atomic E-state index is 4.12. The Morgan fingerprint density at radius 1 is 1.42 bits per heavy atom. The molecule has 1 N–H and O–H groups in total. The molecule has 1 rings (SSSR count). The molecule has 1 aromatic rings. The highest BCUT2D eigenvalue weighted by Crippen LogP contribution is 2.15. The summed E-state index contributed by atoms with van der Waals surface area (Å²) in [4.78, 5) is 8.20. The van der Waals surface area contributed by atoms with Gasteiger partial charge in [-0.3, -0.25) is 0 Å². The van der Waals surface area contributed by atoms with Crippen LogP contribution in [0, 0.1) is 0 Å². The van der Waals surface area contributed by atoms with Crippen molar-refractivity contribution < 1.29 is 0 Å². The van der Waals surface area contributed by atoms with Crippen molar-refractivity contribution in [2.45, 2.75) is 18.9 Å². The molecule has 0 fully saturated rings. The van der Waals surface area contributed by atoms with Crippen LogP contribution in [0.25, 0.3) is 0 Å². The highest BCUT2D eigenvalue weighted by atomic mass is 32.2. The van der Waals surface area contributed by atoms with Gasteiger partial charge in [0.2, 0.25) is 0 Å². The van der Waals surface area contributed by atoms with E-state index in [1.165, 1.54) is 0 Å². The molecule has 1 heterocycles. The summed E-state index contributed by atoms with van der Waals surface area (Å²) in [7, 11) is 0. The van der Waals surface area contributed by atoms with Gasteiger partial charge in [-0.1, -0.05) is 6.92 Å². The van der Waals surface area contributed by atoms with Crippen LogP contribution in [-0.4, -0.2) is 22.3 Å². The summed E-state index contributed by atoms with van der Waals surface area (Å²) in [5.41, 5.74) is 0. The normalized spacial score (nSPS) is 9.83. The van der Waals surface area contributed by atoms with Crippen LogP contribution < -0.4 is 5.32 Å². The van der Waals surface area contributed by atoms with E-state index in [-0.39, 0.29) is 0 Å². The minimum absolute atomic E-state index is 0.896. The lowest BCUT2D eigenvalue weighted by molar-refractivity contribution is 1.03. The summed E-state index contributed by atoms with van der Waals surface area (Å²) in [6.07, 6.45) is 1.59. The first kappa shape index (κ1) is 9.32. The van der Waals surface area contributed by atoms with Gasteiger partial charge in [0.05, 0.1) is 0 Å². The van der Waals surface area contributed by atoms with E-state index < -0.39 is 0 Å². The molecule has 0 atom stereocenters. The molecule has 0 saturated heterocycles. The predicted octanol–water partition coefficient (Wildman–Crippen LogP) is 2.02. The van der Waals surface area contributed by atoms with E-state index in [1.54, 1.807) is 18.1 Å². The van der Waals surface area contributed by atoms with Crippen LogP contribution in [0.1, 0.15) is 13.8 Å². The Kier molecular flexibility index (Phi) is 3.87. The third kappa shape index (κ3) is 2.70. The van der Waals surface area contributed by atoms with Crippen LogP contribution in [0.2, 0.25) is 0 Å². The molecular weight excluding hydrogens is 170 g/mol. The zero-order valence-corrected chi connectivity index (χ0v) is 8.19. The largest absolute Gasteiger partial charge is 0.370 e. The highest BCUT2D eigenvalue weighted by molar-refractivity contribution is 7.99. The summed E-state index contributed by atoms with van der Waals surface area (Å²) < 4.78 is 0. The van der Waals surface area contributed by atoms with Crippen LogP contribution in [0.15, 0.2) is 17.4 Å². The van der Waals surface area contributed by atoms with Crippen LogP contribution in [0.4, 0.5) is 5.82 Å². The van der Waals surface area contributed by atoms with Gasteiger partial charge in [-0.05, 0) is 12.7 Å².